The molecule has 2 N–H and O–H groups in total. The second-order valence-electron chi connectivity index (χ2n) is 1.82. The molecule has 0 amide bonds. The molecule has 0 bridgehead atoms. The summed E-state index contributed by atoms with van der Waals surface area (Å²) in [5.74, 6) is -1.31. The molecule has 1 aromatic rings. The fourth-order valence-electron chi connectivity index (χ4n) is 0.654. The van der Waals surface area contributed by atoms with Gasteiger partial charge in [0, 0.05) is 19.8 Å². The van der Waals surface area contributed by atoms with Crippen LogP contribution < -0.4 is 0 Å². The molecule has 0 spiro atoms. The van der Waals surface area contributed by atoms with Crippen molar-refractivity contribution in [3.8, 4) is 5.75 Å². The maximum Gasteiger partial charge on any atom is 0.339 e. The number of hydrogen-bond acceptors (Lipinski definition) is 2. The van der Waals surface area contributed by atoms with Crippen LogP contribution in [-0.2, 0) is 0 Å². The van der Waals surface area contributed by atoms with Crippen molar-refractivity contribution in [1.82, 2.24) is 0 Å². The minimum atomic E-state index is -1.11. The number of carboxylic acids is 1. The average Bonchev–Trinajstić information content (AvgIpc) is 1.88. The molecule has 55 valence electrons. The Kier molecular flexibility index (Phi) is 3.77. The van der Waals surface area contributed by atoms with Crippen LogP contribution in [0.1, 0.15) is 10.4 Å². The van der Waals surface area contributed by atoms with E-state index in [1.807, 2.05) is 0 Å². The molecule has 0 saturated heterocycles. The summed E-state index contributed by atoms with van der Waals surface area (Å²) < 4.78 is 0. The van der Waals surface area contributed by atoms with E-state index in [4.69, 9.17) is 10.2 Å². The molecule has 1 aromatic carbocycles. The van der Waals surface area contributed by atoms with Gasteiger partial charge >= 0.3 is 5.97 Å². The zero-order chi connectivity index (χ0) is 7.56. The minimum Gasteiger partial charge on any atom is -0.507 e. The normalized spacial score (nSPS) is 8.36. The van der Waals surface area contributed by atoms with Crippen LogP contribution in [0.4, 0.5) is 0 Å². The van der Waals surface area contributed by atoms with E-state index in [0.717, 1.165) is 0 Å². The molecule has 0 heterocycles. The smallest absolute Gasteiger partial charge is 0.339 e. The molecule has 0 aliphatic carbocycles. The predicted molar refractivity (Wildman–Crippen MR) is 40.8 cm³/mol. The molecule has 0 aromatic heterocycles. The van der Waals surface area contributed by atoms with Gasteiger partial charge in [-0.25, -0.2) is 4.79 Å². The third-order valence-electron chi connectivity index (χ3n) is 1.13. The Bertz CT molecular complexity index is 260. The summed E-state index contributed by atoms with van der Waals surface area (Å²) in [5.41, 5.74) is -0.0671. The number of rotatable bonds is 1. The number of phenols is 1. The van der Waals surface area contributed by atoms with Gasteiger partial charge in [-0.1, -0.05) is 12.1 Å². The first kappa shape index (κ1) is 10.1. The first-order valence-corrected chi connectivity index (χ1v) is 2.73. The van der Waals surface area contributed by atoms with E-state index in [0.29, 0.717) is 0 Å². The summed E-state index contributed by atoms with van der Waals surface area (Å²) in [6.45, 7) is 0. The first-order chi connectivity index (χ1) is 4.72. The van der Waals surface area contributed by atoms with Gasteiger partial charge in [0.2, 0.25) is 0 Å². The van der Waals surface area contributed by atoms with Crippen LogP contribution in [-0.4, -0.2) is 36.0 Å². The summed E-state index contributed by atoms with van der Waals surface area (Å²) in [6.07, 6.45) is 0. The number of benzene rings is 1. The van der Waals surface area contributed by atoms with Crippen molar-refractivity contribution in [3.63, 3.8) is 0 Å². The second kappa shape index (κ2) is 4.10. The largest absolute Gasteiger partial charge is 0.507 e. The van der Waals surface area contributed by atoms with Crippen molar-refractivity contribution >= 4 is 25.8 Å². The molecule has 11 heavy (non-hydrogen) atoms. The van der Waals surface area contributed by atoms with E-state index >= 15 is 0 Å². The molecular formula is C7H6GaO3. The first-order valence-electron chi connectivity index (χ1n) is 2.73. The third kappa shape index (κ3) is 2.32. The summed E-state index contributed by atoms with van der Waals surface area (Å²) in [7, 11) is 0. The van der Waals surface area contributed by atoms with Crippen LogP contribution in [0.15, 0.2) is 24.3 Å². The molecule has 0 aliphatic rings. The van der Waals surface area contributed by atoms with Crippen LogP contribution in [0.2, 0.25) is 0 Å². The Labute approximate surface area is 76.7 Å². The third-order valence-corrected chi connectivity index (χ3v) is 1.13. The zero-order valence-corrected chi connectivity index (χ0v) is 8.11. The number of hydrogen-bond donors (Lipinski definition) is 2. The topological polar surface area (TPSA) is 57.5 Å². The molecular weight excluding hydrogens is 202 g/mol. The maximum absolute atomic E-state index is 10.3. The summed E-state index contributed by atoms with van der Waals surface area (Å²) in [5, 5.41) is 17.3. The van der Waals surface area contributed by atoms with Gasteiger partial charge < -0.3 is 10.2 Å². The zero-order valence-electron chi connectivity index (χ0n) is 5.69. The Hall–Kier alpha value is -0.874. The quantitative estimate of drug-likeness (QED) is 0.668. The van der Waals surface area contributed by atoms with Gasteiger partial charge in [0.05, 0.1) is 0 Å². The van der Waals surface area contributed by atoms with Crippen molar-refractivity contribution in [2.75, 3.05) is 0 Å². The van der Waals surface area contributed by atoms with Gasteiger partial charge in [0.25, 0.3) is 0 Å². The standard InChI is InChI=1S/C7H6O3.Ga/c8-6-4-2-1-3-5(6)7(9)10;/h1-4,8H,(H,9,10);. The van der Waals surface area contributed by atoms with Crippen molar-refractivity contribution in [2.24, 2.45) is 0 Å². The molecule has 0 fully saturated rings. The molecule has 3 radical (unpaired) electrons. The van der Waals surface area contributed by atoms with Crippen molar-refractivity contribution in [2.45, 2.75) is 0 Å². The molecule has 3 nitrogen and oxygen atoms in total. The van der Waals surface area contributed by atoms with Crippen LogP contribution in [0, 0.1) is 0 Å². The number of carboxylic acid groups (broad SMARTS) is 1. The van der Waals surface area contributed by atoms with E-state index in [1.54, 1.807) is 12.1 Å². The molecule has 0 aliphatic heterocycles. The van der Waals surface area contributed by atoms with Gasteiger partial charge in [-0.2, -0.15) is 0 Å². The number of carbonyl (C=O) groups is 1. The van der Waals surface area contributed by atoms with Crippen molar-refractivity contribution in [1.29, 1.82) is 0 Å². The van der Waals surface area contributed by atoms with Crippen molar-refractivity contribution < 1.29 is 15.0 Å². The molecule has 0 saturated carbocycles. The summed E-state index contributed by atoms with van der Waals surface area (Å²) in [6, 6.07) is 5.81. The minimum absolute atomic E-state index is 0. The Balaban J connectivity index is 0.000001000. The van der Waals surface area contributed by atoms with Crippen LogP contribution >= 0.6 is 0 Å². The fraction of sp³-hybridized carbons (Fsp3) is 0. The summed E-state index contributed by atoms with van der Waals surface area (Å²) >= 11 is 0. The van der Waals surface area contributed by atoms with E-state index < -0.39 is 5.97 Å². The fourth-order valence-corrected chi connectivity index (χ4v) is 0.654. The molecule has 4 heteroatoms. The van der Waals surface area contributed by atoms with Crippen LogP contribution in [0.25, 0.3) is 0 Å². The number of para-hydroxylation sites is 1. The molecule has 0 unspecified atom stereocenters. The molecule has 0 atom stereocenters. The summed E-state index contributed by atoms with van der Waals surface area (Å²) in [4.78, 5) is 10.3. The number of aromatic hydroxyl groups is 1. The Morgan fingerprint density at radius 2 is 1.82 bits per heavy atom. The predicted octanol–water partition coefficient (Wildman–Crippen LogP) is 0.710. The van der Waals surface area contributed by atoms with Gasteiger partial charge in [-0.3, -0.25) is 0 Å². The van der Waals surface area contributed by atoms with Crippen LogP contribution in [0.3, 0.4) is 0 Å². The average molecular weight is 208 g/mol. The Morgan fingerprint density at radius 1 is 1.27 bits per heavy atom. The van der Waals surface area contributed by atoms with E-state index in [-0.39, 0.29) is 31.1 Å². The van der Waals surface area contributed by atoms with Crippen LogP contribution in [0.5, 0.6) is 5.75 Å². The van der Waals surface area contributed by atoms with Gasteiger partial charge in [0.15, 0.2) is 0 Å². The number of aromatic carboxylic acids is 1. The van der Waals surface area contributed by atoms with Gasteiger partial charge in [-0.15, -0.1) is 0 Å². The Morgan fingerprint density at radius 3 is 2.18 bits per heavy atom. The van der Waals surface area contributed by atoms with Gasteiger partial charge in [0.1, 0.15) is 11.3 Å². The van der Waals surface area contributed by atoms with E-state index in [1.165, 1.54) is 12.1 Å². The monoisotopic (exact) mass is 207 g/mol. The van der Waals surface area contributed by atoms with E-state index in [9.17, 15) is 4.79 Å². The van der Waals surface area contributed by atoms with E-state index in [2.05, 4.69) is 0 Å². The maximum atomic E-state index is 10.3. The second-order valence-corrected chi connectivity index (χ2v) is 1.82. The SMILES string of the molecule is O=C(O)c1ccccc1O.[Ga]. The van der Waals surface area contributed by atoms with Crippen molar-refractivity contribution in [3.05, 3.63) is 29.8 Å². The van der Waals surface area contributed by atoms with Gasteiger partial charge in [-0.05, 0) is 12.1 Å². The molecule has 1 rings (SSSR count).